The molecule has 21 heavy (non-hydrogen) atoms. The van der Waals surface area contributed by atoms with Gasteiger partial charge in [-0.05, 0) is 49.9 Å². The van der Waals surface area contributed by atoms with E-state index in [2.05, 4.69) is 5.43 Å². The van der Waals surface area contributed by atoms with Crippen molar-refractivity contribution in [3.05, 3.63) is 23.3 Å². The number of nitrogens with zero attached hydrogens (tertiary/aromatic N) is 1. The van der Waals surface area contributed by atoms with Crippen LogP contribution in [-0.2, 0) is 14.8 Å². The molecule has 1 aliphatic heterocycles. The molecule has 2 rings (SSSR count). The molecular formula is C14H23N3O3S. The molecule has 0 unspecified atom stereocenters. The minimum atomic E-state index is -3.47. The summed E-state index contributed by atoms with van der Waals surface area (Å²) in [4.78, 5) is 0.386. The van der Waals surface area contributed by atoms with Gasteiger partial charge in [0.15, 0.2) is 0 Å². The average Bonchev–Trinajstić information content (AvgIpc) is 2.46. The summed E-state index contributed by atoms with van der Waals surface area (Å²) in [5.74, 6) is 5.40. The first kappa shape index (κ1) is 16.2. The maximum Gasteiger partial charge on any atom is 0.243 e. The van der Waals surface area contributed by atoms with E-state index in [0.29, 0.717) is 34.8 Å². The maximum atomic E-state index is 12.9. The topological polar surface area (TPSA) is 84.7 Å². The summed E-state index contributed by atoms with van der Waals surface area (Å²) in [6.45, 7) is 4.58. The molecule has 1 saturated heterocycles. The highest BCUT2D eigenvalue weighted by Gasteiger charge is 2.31. The zero-order valence-electron chi connectivity index (χ0n) is 12.7. The van der Waals surface area contributed by atoms with Gasteiger partial charge in [-0.3, -0.25) is 5.84 Å². The molecule has 6 nitrogen and oxygen atoms in total. The number of hydrazine groups is 1. The molecule has 0 saturated carbocycles. The van der Waals surface area contributed by atoms with Crippen molar-refractivity contribution in [3.8, 4) is 0 Å². The molecule has 1 heterocycles. The fourth-order valence-electron chi connectivity index (χ4n) is 2.88. The van der Waals surface area contributed by atoms with E-state index in [9.17, 15) is 8.42 Å². The van der Waals surface area contributed by atoms with Crippen LogP contribution in [0.3, 0.4) is 0 Å². The summed E-state index contributed by atoms with van der Waals surface area (Å²) in [5, 5.41) is 0. The van der Waals surface area contributed by atoms with Crippen LogP contribution in [0, 0.1) is 13.8 Å². The van der Waals surface area contributed by atoms with Crippen molar-refractivity contribution in [2.24, 2.45) is 5.84 Å². The van der Waals surface area contributed by atoms with Crippen molar-refractivity contribution in [2.75, 3.05) is 25.6 Å². The fraction of sp³-hybridized carbons (Fsp3) is 0.571. The fourth-order valence-corrected chi connectivity index (χ4v) is 4.76. The molecule has 118 valence electrons. The number of piperidine rings is 1. The minimum Gasteiger partial charge on any atom is -0.381 e. The van der Waals surface area contributed by atoms with Gasteiger partial charge in [0.2, 0.25) is 10.0 Å². The van der Waals surface area contributed by atoms with Crippen molar-refractivity contribution in [3.63, 3.8) is 0 Å². The largest absolute Gasteiger partial charge is 0.381 e. The number of anilines is 1. The van der Waals surface area contributed by atoms with Gasteiger partial charge in [0.05, 0.1) is 11.0 Å². The molecule has 0 aromatic heterocycles. The summed E-state index contributed by atoms with van der Waals surface area (Å²) in [6.07, 6.45) is 1.62. The Balaban J connectivity index is 2.32. The van der Waals surface area contributed by atoms with E-state index in [1.165, 1.54) is 0 Å². The number of benzene rings is 1. The molecule has 1 fully saturated rings. The third kappa shape index (κ3) is 3.21. The second-order valence-electron chi connectivity index (χ2n) is 5.42. The molecular weight excluding hydrogens is 290 g/mol. The lowest BCUT2D eigenvalue weighted by molar-refractivity contribution is 0.0604. The van der Waals surface area contributed by atoms with Crippen LogP contribution in [0.25, 0.3) is 0 Å². The SMILES string of the molecule is COC1CCN(S(=O)(=O)c2c(C)cc(NN)cc2C)CC1. The summed E-state index contributed by atoms with van der Waals surface area (Å²) < 4.78 is 32.6. The van der Waals surface area contributed by atoms with E-state index in [1.807, 2.05) is 0 Å². The van der Waals surface area contributed by atoms with Gasteiger partial charge in [0, 0.05) is 25.9 Å². The predicted molar refractivity (Wildman–Crippen MR) is 82.5 cm³/mol. The molecule has 0 amide bonds. The number of sulfonamides is 1. The Morgan fingerprint density at radius 2 is 1.76 bits per heavy atom. The zero-order valence-corrected chi connectivity index (χ0v) is 13.5. The number of methoxy groups -OCH3 is 1. The molecule has 1 aliphatic rings. The van der Waals surface area contributed by atoms with E-state index in [0.717, 1.165) is 12.8 Å². The van der Waals surface area contributed by atoms with Crippen LogP contribution in [0.5, 0.6) is 0 Å². The first-order chi connectivity index (χ1) is 9.90. The van der Waals surface area contributed by atoms with Crippen molar-refractivity contribution < 1.29 is 13.2 Å². The molecule has 0 radical (unpaired) electrons. The lowest BCUT2D eigenvalue weighted by atomic mass is 10.1. The molecule has 0 atom stereocenters. The number of hydrogen-bond acceptors (Lipinski definition) is 5. The molecule has 7 heteroatoms. The minimum absolute atomic E-state index is 0.155. The number of nitrogens with one attached hydrogen (secondary N) is 1. The van der Waals surface area contributed by atoms with E-state index in [-0.39, 0.29) is 6.10 Å². The normalized spacial score (nSPS) is 17.9. The van der Waals surface area contributed by atoms with Crippen molar-refractivity contribution in [1.82, 2.24) is 4.31 Å². The Bertz CT molecular complexity index is 585. The first-order valence-corrected chi connectivity index (χ1v) is 8.45. The Hall–Kier alpha value is -1.15. The van der Waals surface area contributed by atoms with Crippen molar-refractivity contribution in [2.45, 2.75) is 37.7 Å². The third-order valence-electron chi connectivity index (χ3n) is 3.96. The zero-order chi connectivity index (χ0) is 15.6. The molecule has 0 aliphatic carbocycles. The summed E-state index contributed by atoms with van der Waals surface area (Å²) in [6, 6.07) is 3.50. The van der Waals surface area contributed by atoms with Crippen LogP contribution in [0.2, 0.25) is 0 Å². The van der Waals surface area contributed by atoms with Gasteiger partial charge in [-0.25, -0.2) is 8.42 Å². The Labute approximate surface area is 126 Å². The highest BCUT2D eigenvalue weighted by Crippen LogP contribution is 2.29. The van der Waals surface area contributed by atoms with Gasteiger partial charge in [-0.1, -0.05) is 0 Å². The Morgan fingerprint density at radius 1 is 1.24 bits per heavy atom. The van der Waals surface area contributed by atoms with Gasteiger partial charge in [-0.15, -0.1) is 0 Å². The number of ether oxygens (including phenoxy) is 1. The van der Waals surface area contributed by atoms with Crippen LogP contribution in [0.15, 0.2) is 17.0 Å². The highest BCUT2D eigenvalue weighted by atomic mass is 32.2. The molecule has 1 aromatic carbocycles. The molecule has 0 bridgehead atoms. The molecule has 3 N–H and O–H groups in total. The maximum absolute atomic E-state index is 12.9. The highest BCUT2D eigenvalue weighted by molar-refractivity contribution is 7.89. The van der Waals surface area contributed by atoms with Crippen LogP contribution in [-0.4, -0.2) is 39.0 Å². The van der Waals surface area contributed by atoms with Gasteiger partial charge < -0.3 is 10.2 Å². The van der Waals surface area contributed by atoms with Gasteiger partial charge in [0.1, 0.15) is 0 Å². The van der Waals surface area contributed by atoms with E-state index < -0.39 is 10.0 Å². The summed E-state index contributed by atoms with van der Waals surface area (Å²) in [7, 11) is -1.80. The van der Waals surface area contributed by atoms with Crippen LogP contribution >= 0.6 is 0 Å². The number of nitrogens with two attached hydrogens (primary N) is 1. The van der Waals surface area contributed by atoms with E-state index in [4.69, 9.17) is 10.6 Å². The number of aryl methyl sites for hydroxylation is 2. The first-order valence-electron chi connectivity index (χ1n) is 7.01. The van der Waals surface area contributed by atoms with Gasteiger partial charge >= 0.3 is 0 Å². The van der Waals surface area contributed by atoms with E-state index in [1.54, 1.807) is 37.4 Å². The summed E-state index contributed by atoms with van der Waals surface area (Å²) in [5.41, 5.74) is 4.68. The molecule has 1 aromatic rings. The Morgan fingerprint density at radius 3 is 2.19 bits per heavy atom. The van der Waals surface area contributed by atoms with Crippen molar-refractivity contribution in [1.29, 1.82) is 0 Å². The Kier molecular flexibility index (Phi) is 4.88. The van der Waals surface area contributed by atoms with Gasteiger partial charge in [0.25, 0.3) is 0 Å². The smallest absolute Gasteiger partial charge is 0.243 e. The van der Waals surface area contributed by atoms with Crippen molar-refractivity contribution >= 4 is 15.7 Å². The van der Waals surface area contributed by atoms with Crippen LogP contribution in [0.4, 0.5) is 5.69 Å². The standard InChI is InChI=1S/C14H23N3O3S/c1-10-8-12(16-15)9-11(2)14(10)21(18,19)17-6-4-13(20-3)5-7-17/h8-9,13,16H,4-7,15H2,1-3H3. The van der Waals surface area contributed by atoms with E-state index >= 15 is 0 Å². The number of nitrogen functional groups attached to an aromatic ring is 1. The van der Waals surface area contributed by atoms with Crippen LogP contribution in [0.1, 0.15) is 24.0 Å². The number of rotatable bonds is 4. The monoisotopic (exact) mass is 313 g/mol. The summed E-state index contributed by atoms with van der Waals surface area (Å²) >= 11 is 0. The second-order valence-corrected chi connectivity index (χ2v) is 7.30. The van der Waals surface area contributed by atoms with Crippen LogP contribution < -0.4 is 11.3 Å². The quantitative estimate of drug-likeness (QED) is 0.648. The lowest BCUT2D eigenvalue weighted by Crippen LogP contribution is -2.41. The third-order valence-corrected chi connectivity index (χ3v) is 6.16. The molecule has 0 spiro atoms. The number of hydrogen-bond donors (Lipinski definition) is 2. The predicted octanol–water partition coefficient (Wildman–Crippen LogP) is 1.39. The average molecular weight is 313 g/mol. The second kappa shape index (κ2) is 6.31. The lowest BCUT2D eigenvalue weighted by Gasteiger charge is -2.31. The van der Waals surface area contributed by atoms with Gasteiger partial charge in [-0.2, -0.15) is 4.31 Å².